The van der Waals surface area contributed by atoms with Gasteiger partial charge in [0.05, 0.1) is 17.3 Å². The van der Waals surface area contributed by atoms with Gasteiger partial charge in [0.25, 0.3) is 0 Å². The first kappa shape index (κ1) is 23.2. The minimum absolute atomic E-state index is 0. The minimum Gasteiger partial charge on any atom is -0.355 e. The van der Waals surface area contributed by atoms with E-state index in [-0.39, 0.29) is 24.8 Å². The van der Waals surface area contributed by atoms with Crippen LogP contribution in [0.25, 0.3) is 0 Å². The summed E-state index contributed by atoms with van der Waals surface area (Å²) in [6.07, 6.45) is 5.62. The van der Waals surface area contributed by atoms with Crippen LogP contribution in [-0.2, 0) is 12.8 Å². The Hall–Kier alpha value is -2.07. The summed E-state index contributed by atoms with van der Waals surface area (Å²) in [5.41, 5.74) is 4.99. The molecule has 2 heterocycles. The van der Waals surface area contributed by atoms with E-state index in [1.54, 1.807) is 0 Å². The molecule has 1 unspecified atom stereocenters. The van der Waals surface area contributed by atoms with Gasteiger partial charge in [-0.25, -0.2) is 4.98 Å². The third-order valence-electron chi connectivity index (χ3n) is 5.65. The fourth-order valence-electron chi connectivity index (χ4n) is 4.08. The van der Waals surface area contributed by atoms with Crippen molar-refractivity contribution in [3.05, 3.63) is 40.6 Å². The molecule has 2 aromatic rings. The second-order valence-corrected chi connectivity index (χ2v) is 7.49. The number of halogens is 2. The zero-order chi connectivity index (χ0) is 18.8. The van der Waals surface area contributed by atoms with Crippen LogP contribution in [0.5, 0.6) is 0 Å². The predicted octanol–water partition coefficient (Wildman–Crippen LogP) is 3.92. The number of hydrogen-bond donors (Lipinski definition) is 2. The summed E-state index contributed by atoms with van der Waals surface area (Å²) >= 11 is 0. The molecule has 1 aliphatic heterocycles. The van der Waals surface area contributed by atoms with Gasteiger partial charge in [-0.15, -0.1) is 24.8 Å². The highest BCUT2D eigenvalue weighted by atomic mass is 35.5. The Morgan fingerprint density at radius 3 is 2.76 bits per heavy atom. The van der Waals surface area contributed by atoms with E-state index in [2.05, 4.69) is 21.6 Å². The lowest BCUT2D eigenvalue weighted by atomic mass is 10.1. The number of likely N-dealkylation sites (N-methyl/N-ethyl adjacent to an activating group) is 1. The molecule has 1 aromatic carbocycles. The largest absolute Gasteiger partial charge is 0.355 e. The van der Waals surface area contributed by atoms with Gasteiger partial charge in [-0.3, -0.25) is 0 Å². The molecule has 0 radical (unpaired) electrons. The lowest BCUT2D eigenvalue weighted by Gasteiger charge is -2.34. The van der Waals surface area contributed by atoms with Crippen LogP contribution in [-0.4, -0.2) is 36.1 Å². The molecule has 4 rings (SSSR count). The van der Waals surface area contributed by atoms with Crippen molar-refractivity contribution >= 4 is 42.3 Å². The second-order valence-electron chi connectivity index (χ2n) is 7.49. The number of aromatic nitrogens is 2. The molecule has 2 N–H and O–H groups in total. The summed E-state index contributed by atoms with van der Waals surface area (Å²) in [7, 11) is 2.04. The Morgan fingerprint density at radius 2 is 2.00 bits per heavy atom. The van der Waals surface area contributed by atoms with Crippen molar-refractivity contribution in [3.8, 4) is 6.07 Å². The van der Waals surface area contributed by atoms with Crippen molar-refractivity contribution in [2.24, 2.45) is 0 Å². The van der Waals surface area contributed by atoms with E-state index in [1.807, 2.05) is 32.2 Å². The third-order valence-corrected chi connectivity index (χ3v) is 5.65. The van der Waals surface area contributed by atoms with E-state index in [9.17, 15) is 5.26 Å². The van der Waals surface area contributed by atoms with Crippen LogP contribution < -0.4 is 15.5 Å². The summed E-state index contributed by atoms with van der Waals surface area (Å²) in [4.78, 5) is 12.1. The number of benzene rings is 1. The van der Waals surface area contributed by atoms with E-state index in [0.717, 1.165) is 49.4 Å². The standard InChI is InChI=1S/C21H26N6.2ClH/c1-14-8-9-16(11-15(14)12-22)24-21-25-19-7-3-6-18(19)20(26-21)27-10-4-5-17(13-27)23-2;;/h8-9,11,17,23H,3-7,10,13H2,1-2H3,(H,24,25,26);2*1H. The summed E-state index contributed by atoms with van der Waals surface area (Å²) in [5.74, 6) is 1.72. The Balaban J connectivity index is 0.00000150. The summed E-state index contributed by atoms with van der Waals surface area (Å²) < 4.78 is 0. The van der Waals surface area contributed by atoms with Crippen LogP contribution in [0.3, 0.4) is 0 Å². The number of hydrogen-bond acceptors (Lipinski definition) is 6. The van der Waals surface area contributed by atoms with Gasteiger partial charge in [0.1, 0.15) is 5.82 Å². The molecule has 0 bridgehead atoms. The summed E-state index contributed by atoms with van der Waals surface area (Å²) in [6, 6.07) is 8.55. The van der Waals surface area contributed by atoms with E-state index >= 15 is 0 Å². The van der Waals surface area contributed by atoms with E-state index in [4.69, 9.17) is 9.97 Å². The maximum Gasteiger partial charge on any atom is 0.229 e. The molecule has 0 amide bonds. The average Bonchev–Trinajstić information content (AvgIpc) is 3.17. The monoisotopic (exact) mass is 434 g/mol. The van der Waals surface area contributed by atoms with Crippen LogP contribution in [0, 0.1) is 18.3 Å². The number of nitriles is 1. The van der Waals surface area contributed by atoms with E-state index < -0.39 is 0 Å². The molecule has 29 heavy (non-hydrogen) atoms. The lowest BCUT2D eigenvalue weighted by Crippen LogP contribution is -2.45. The molecule has 1 fully saturated rings. The number of rotatable bonds is 4. The van der Waals surface area contributed by atoms with Crippen molar-refractivity contribution in [1.29, 1.82) is 5.26 Å². The number of fused-ring (bicyclic) bond motifs is 1. The maximum atomic E-state index is 9.28. The smallest absolute Gasteiger partial charge is 0.229 e. The van der Waals surface area contributed by atoms with Gasteiger partial charge in [-0.05, 0) is 63.8 Å². The molecule has 1 saturated heterocycles. The highest BCUT2D eigenvalue weighted by Crippen LogP contribution is 2.32. The number of piperidine rings is 1. The Kier molecular flexibility index (Phi) is 8.09. The van der Waals surface area contributed by atoms with Crippen molar-refractivity contribution in [2.45, 2.75) is 45.1 Å². The summed E-state index contributed by atoms with van der Waals surface area (Å²) in [5, 5.41) is 16.0. The molecule has 2 aliphatic rings. The SMILES string of the molecule is CNC1CCCN(c2nc(Nc3ccc(C)c(C#N)c3)nc3c2CCC3)C1.Cl.Cl. The third kappa shape index (κ3) is 4.92. The number of anilines is 3. The molecular formula is C21H28Cl2N6. The fourth-order valence-corrected chi connectivity index (χ4v) is 4.08. The van der Waals surface area contributed by atoms with E-state index in [0.29, 0.717) is 17.6 Å². The number of aryl methyl sites for hydroxylation is 2. The number of nitrogens with zero attached hydrogens (tertiary/aromatic N) is 4. The van der Waals surface area contributed by atoms with Crippen molar-refractivity contribution < 1.29 is 0 Å². The van der Waals surface area contributed by atoms with Crippen molar-refractivity contribution in [1.82, 2.24) is 15.3 Å². The average molecular weight is 435 g/mol. The lowest BCUT2D eigenvalue weighted by molar-refractivity contribution is 0.447. The molecular weight excluding hydrogens is 407 g/mol. The van der Waals surface area contributed by atoms with Crippen LogP contribution in [0.1, 0.15) is 41.6 Å². The zero-order valence-electron chi connectivity index (χ0n) is 16.9. The minimum atomic E-state index is 0. The first-order valence-electron chi connectivity index (χ1n) is 9.77. The zero-order valence-corrected chi connectivity index (χ0v) is 18.5. The van der Waals surface area contributed by atoms with Crippen molar-refractivity contribution in [2.75, 3.05) is 30.4 Å². The van der Waals surface area contributed by atoms with Crippen LogP contribution in [0.15, 0.2) is 18.2 Å². The normalized spacial score (nSPS) is 17.6. The quantitative estimate of drug-likeness (QED) is 0.758. The number of nitrogens with one attached hydrogen (secondary N) is 2. The molecule has 0 spiro atoms. The highest BCUT2D eigenvalue weighted by molar-refractivity contribution is 5.85. The second kappa shape index (κ2) is 10.1. The molecule has 8 heteroatoms. The van der Waals surface area contributed by atoms with E-state index in [1.165, 1.54) is 24.1 Å². The molecule has 6 nitrogen and oxygen atoms in total. The van der Waals surface area contributed by atoms with Gasteiger partial charge in [0, 0.05) is 30.4 Å². The van der Waals surface area contributed by atoms with Gasteiger partial charge in [0.2, 0.25) is 5.95 Å². The van der Waals surface area contributed by atoms with Gasteiger partial charge < -0.3 is 15.5 Å². The molecule has 0 saturated carbocycles. The molecule has 1 aromatic heterocycles. The highest BCUT2D eigenvalue weighted by Gasteiger charge is 2.26. The molecule has 1 atom stereocenters. The summed E-state index contributed by atoms with van der Waals surface area (Å²) in [6.45, 7) is 3.98. The van der Waals surface area contributed by atoms with Crippen molar-refractivity contribution in [3.63, 3.8) is 0 Å². The molecule has 1 aliphatic carbocycles. The predicted molar refractivity (Wildman–Crippen MR) is 122 cm³/mol. The Labute approximate surface area is 184 Å². The molecule has 156 valence electrons. The van der Waals surface area contributed by atoms with Gasteiger partial charge in [0.15, 0.2) is 0 Å². The van der Waals surface area contributed by atoms with Crippen LogP contribution in [0.4, 0.5) is 17.5 Å². The van der Waals surface area contributed by atoms with Crippen LogP contribution >= 0.6 is 24.8 Å². The topological polar surface area (TPSA) is 76.9 Å². The maximum absolute atomic E-state index is 9.28. The first-order valence-corrected chi connectivity index (χ1v) is 9.77. The Morgan fingerprint density at radius 1 is 1.17 bits per heavy atom. The fraction of sp³-hybridized carbons (Fsp3) is 0.476. The van der Waals surface area contributed by atoms with Crippen LogP contribution in [0.2, 0.25) is 0 Å². The Bertz CT molecular complexity index is 895. The first-order chi connectivity index (χ1) is 13.2. The van der Waals surface area contributed by atoms with Gasteiger partial charge in [-0.1, -0.05) is 6.07 Å². The van der Waals surface area contributed by atoms with Gasteiger partial charge >= 0.3 is 0 Å². The van der Waals surface area contributed by atoms with Gasteiger partial charge in [-0.2, -0.15) is 10.2 Å².